The summed E-state index contributed by atoms with van der Waals surface area (Å²) >= 11 is 5.87. The van der Waals surface area contributed by atoms with Crippen molar-refractivity contribution in [1.29, 1.82) is 0 Å². The second-order valence-electron chi connectivity index (χ2n) is 10.1. The third-order valence-corrected chi connectivity index (χ3v) is 7.71. The molecule has 206 valence electrons. The van der Waals surface area contributed by atoms with Crippen molar-refractivity contribution in [2.45, 2.75) is 50.6 Å². The number of fused-ring (bicyclic) bond motifs is 1. The van der Waals surface area contributed by atoms with Crippen molar-refractivity contribution >= 4 is 40.2 Å². The lowest BCUT2D eigenvalue weighted by Gasteiger charge is -2.37. The molecule has 4 aromatic rings. The Balaban J connectivity index is 1.36. The third-order valence-electron chi connectivity index (χ3n) is 7.48. The first kappa shape index (κ1) is 27.5. The van der Waals surface area contributed by atoms with Crippen LogP contribution in [0.2, 0.25) is 5.02 Å². The fraction of sp³-hybridized carbons (Fsp3) is 0.258. The lowest BCUT2D eigenvalue weighted by atomic mass is 9.80. The zero-order valence-corrected chi connectivity index (χ0v) is 22.4. The molecule has 1 aliphatic carbocycles. The number of hydrogen-bond donors (Lipinski definition) is 2. The summed E-state index contributed by atoms with van der Waals surface area (Å²) in [5.74, 6) is -1.65. The quantitative estimate of drug-likeness (QED) is 0.243. The summed E-state index contributed by atoms with van der Waals surface area (Å²) in [6.07, 6.45) is 4.65. The third kappa shape index (κ3) is 6.39. The molecular weight excluding hydrogens is 536 g/mol. The van der Waals surface area contributed by atoms with E-state index in [4.69, 9.17) is 16.7 Å². The van der Waals surface area contributed by atoms with Gasteiger partial charge in [-0.05, 0) is 90.8 Å². The number of hydrogen-bond acceptors (Lipinski definition) is 3. The number of carboxylic acids is 1. The molecule has 1 saturated carbocycles. The highest BCUT2D eigenvalue weighted by atomic mass is 35.5. The lowest BCUT2D eigenvalue weighted by molar-refractivity contribution is -0.136. The van der Waals surface area contributed by atoms with Gasteiger partial charge in [-0.1, -0.05) is 35.9 Å². The van der Waals surface area contributed by atoms with Crippen molar-refractivity contribution in [3.8, 4) is 0 Å². The Bertz CT molecular complexity index is 1540. The molecule has 0 aliphatic heterocycles. The minimum absolute atomic E-state index is 0.0372. The van der Waals surface area contributed by atoms with E-state index in [2.05, 4.69) is 10.3 Å². The molecule has 1 aliphatic rings. The van der Waals surface area contributed by atoms with E-state index in [1.807, 2.05) is 18.2 Å². The Kier molecular flexibility index (Phi) is 8.26. The maximum Gasteiger partial charge on any atom is 0.322 e. The van der Waals surface area contributed by atoms with Crippen LogP contribution >= 0.6 is 11.6 Å². The number of nitrogens with one attached hydrogen (secondary N) is 1. The van der Waals surface area contributed by atoms with Crippen molar-refractivity contribution in [3.63, 3.8) is 0 Å². The Morgan fingerprint density at radius 3 is 2.38 bits per heavy atom. The van der Waals surface area contributed by atoms with Crippen LogP contribution in [0.4, 0.5) is 19.3 Å². The first-order valence-electron chi connectivity index (χ1n) is 13.1. The summed E-state index contributed by atoms with van der Waals surface area (Å²) in [5, 5.41) is 12.8. The van der Waals surface area contributed by atoms with Gasteiger partial charge >= 0.3 is 12.0 Å². The van der Waals surface area contributed by atoms with E-state index < -0.39 is 17.8 Å². The molecule has 0 saturated heterocycles. The Labute approximate surface area is 235 Å². The number of pyridine rings is 1. The molecule has 1 heterocycles. The summed E-state index contributed by atoms with van der Waals surface area (Å²) in [6.45, 7) is 0.271. The SMILES string of the molecule is O=C(O)Cc1ccc(CN(C(=O)Nc2ccc(Cl)cc2F)[C@H]2CC[C@@H](c3ccnc4ccc(F)cc43)CC2)cc1. The minimum atomic E-state index is -0.916. The lowest BCUT2D eigenvalue weighted by Crippen LogP contribution is -2.44. The van der Waals surface area contributed by atoms with Crippen molar-refractivity contribution in [1.82, 2.24) is 9.88 Å². The molecule has 2 N–H and O–H groups in total. The maximum atomic E-state index is 14.5. The van der Waals surface area contributed by atoms with E-state index in [0.29, 0.717) is 18.4 Å². The van der Waals surface area contributed by atoms with Gasteiger partial charge in [0.1, 0.15) is 11.6 Å². The summed E-state index contributed by atoms with van der Waals surface area (Å²) in [5.41, 5.74) is 3.33. The predicted molar refractivity (Wildman–Crippen MR) is 150 cm³/mol. The van der Waals surface area contributed by atoms with E-state index in [9.17, 15) is 18.4 Å². The first-order valence-corrected chi connectivity index (χ1v) is 13.5. The van der Waals surface area contributed by atoms with Crippen LogP contribution in [0.25, 0.3) is 10.9 Å². The van der Waals surface area contributed by atoms with E-state index in [1.165, 1.54) is 24.3 Å². The number of amides is 2. The number of carbonyl (C=O) groups is 2. The molecule has 0 spiro atoms. The Morgan fingerprint density at radius 1 is 0.950 bits per heavy atom. The van der Waals surface area contributed by atoms with Crippen molar-refractivity contribution in [3.05, 3.63) is 106 Å². The molecule has 6 nitrogen and oxygen atoms in total. The van der Waals surface area contributed by atoms with Gasteiger partial charge in [0.15, 0.2) is 0 Å². The molecule has 0 atom stereocenters. The zero-order chi connectivity index (χ0) is 28.2. The Morgan fingerprint density at radius 2 is 1.68 bits per heavy atom. The molecule has 3 aromatic carbocycles. The minimum Gasteiger partial charge on any atom is -0.481 e. The molecule has 0 unspecified atom stereocenters. The maximum absolute atomic E-state index is 14.5. The number of carboxylic acid groups (broad SMARTS) is 1. The number of urea groups is 1. The number of anilines is 1. The number of rotatable bonds is 7. The first-order chi connectivity index (χ1) is 19.3. The fourth-order valence-corrected chi connectivity index (χ4v) is 5.63. The highest BCUT2D eigenvalue weighted by molar-refractivity contribution is 6.30. The van der Waals surface area contributed by atoms with Gasteiger partial charge in [-0.25, -0.2) is 13.6 Å². The number of aliphatic carboxylic acids is 1. The number of benzene rings is 3. The molecule has 9 heteroatoms. The van der Waals surface area contributed by atoms with Crippen LogP contribution in [-0.4, -0.2) is 33.0 Å². The fourth-order valence-electron chi connectivity index (χ4n) is 5.47. The summed E-state index contributed by atoms with van der Waals surface area (Å²) in [7, 11) is 0. The van der Waals surface area contributed by atoms with Gasteiger partial charge in [-0.15, -0.1) is 0 Å². The van der Waals surface area contributed by atoms with Crippen LogP contribution in [0.3, 0.4) is 0 Å². The topological polar surface area (TPSA) is 82.5 Å². The van der Waals surface area contributed by atoms with Crippen LogP contribution in [0.5, 0.6) is 0 Å². The van der Waals surface area contributed by atoms with Crippen LogP contribution in [-0.2, 0) is 17.8 Å². The molecular formula is C31H28ClF2N3O3. The molecule has 5 rings (SSSR count). The number of halogens is 3. The van der Waals surface area contributed by atoms with Gasteiger partial charge in [0.2, 0.25) is 0 Å². The molecule has 1 fully saturated rings. The second-order valence-corrected chi connectivity index (χ2v) is 10.6. The van der Waals surface area contributed by atoms with E-state index in [-0.39, 0.29) is 41.5 Å². The number of nitrogens with zero attached hydrogens (tertiary/aromatic N) is 2. The normalized spacial score (nSPS) is 17.0. The average Bonchev–Trinajstić information content (AvgIpc) is 2.93. The smallest absolute Gasteiger partial charge is 0.322 e. The van der Waals surface area contributed by atoms with E-state index in [0.717, 1.165) is 40.9 Å². The van der Waals surface area contributed by atoms with Gasteiger partial charge < -0.3 is 15.3 Å². The second kappa shape index (κ2) is 12.0. The molecule has 0 radical (unpaired) electrons. The summed E-state index contributed by atoms with van der Waals surface area (Å²) < 4.78 is 28.5. The van der Waals surface area contributed by atoms with Gasteiger partial charge in [-0.2, -0.15) is 0 Å². The van der Waals surface area contributed by atoms with Crippen LogP contribution in [0, 0.1) is 11.6 Å². The molecule has 1 aromatic heterocycles. The zero-order valence-electron chi connectivity index (χ0n) is 21.6. The van der Waals surface area contributed by atoms with Gasteiger partial charge in [0.05, 0.1) is 17.6 Å². The largest absolute Gasteiger partial charge is 0.481 e. The highest BCUT2D eigenvalue weighted by Crippen LogP contribution is 2.38. The summed E-state index contributed by atoms with van der Waals surface area (Å²) in [6, 6.07) is 17.2. The average molecular weight is 564 g/mol. The van der Waals surface area contributed by atoms with Gasteiger partial charge in [0, 0.05) is 29.2 Å². The van der Waals surface area contributed by atoms with E-state index >= 15 is 0 Å². The standard InChI is InChI=1S/C31H28ClF2N3O3/c32-22-7-11-29(27(34)16-22)36-31(40)37(18-20-3-1-19(2-4-20)15-30(38)39)24-9-5-21(6-10-24)25-13-14-35-28-12-8-23(33)17-26(25)28/h1-4,7-8,11-14,16-17,21,24H,5-6,9-10,15,18H2,(H,36,40)(H,38,39)/t21-,24+. The number of aromatic nitrogens is 1. The van der Waals surface area contributed by atoms with Crippen LogP contribution < -0.4 is 5.32 Å². The van der Waals surface area contributed by atoms with Crippen molar-refractivity contribution in [2.24, 2.45) is 0 Å². The molecule has 0 bridgehead atoms. The van der Waals surface area contributed by atoms with Gasteiger partial charge in [0.25, 0.3) is 0 Å². The monoisotopic (exact) mass is 563 g/mol. The highest BCUT2D eigenvalue weighted by Gasteiger charge is 2.31. The van der Waals surface area contributed by atoms with Crippen molar-refractivity contribution < 1.29 is 23.5 Å². The Hall–Kier alpha value is -4.04. The van der Waals surface area contributed by atoms with Crippen molar-refractivity contribution in [2.75, 3.05) is 5.32 Å². The predicted octanol–water partition coefficient (Wildman–Crippen LogP) is 7.55. The molecule has 2 amide bonds. The van der Waals surface area contributed by atoms with Gasteiger partial charge in [-0.3, -0.25) is 9.78 Å². The molecule has 40 heavy (non-hydrogen) atoms. The van der Waals surface area contributed by atoms with E-state index in [1.54, 1.807) is 29.3 Å². The summed E-state index contributed by atoms with van der Waals surface area (Å²) in [4.78, 5) is 30.6. The van der Waals surface area contributed by atoms with Crippen LogP contribution in [0.15, 0.2) is 72.9 Å². The van der Waals surface area contributed by atoms with Crippen LogP contribution in [0.1, 0.15) is 48.3 Å². The number of carbonyl (C=O) groups excluding carboxylic acids is 1.